The third-order valence-electron chi connectivity index (χ3n) is 5.21. The SMILES string of the molecule is C[C@H](C(=O)N[C@H](C)c1ccc(F)cc1)N1CCN(C(=O)C2CC2)CC1. The second-order valence-corrected chi connectivity index (χ2v) is 7.09. The van der Waals surface area contributed by atoms with Crippen LogP contribution in [-0.4, -0.2) is 53.8 Å². The van der Waals surface area contributed by atoms with Gasteiger partial charge in [0, 0.05) is 32.1 Å². The summed E-state index contributed by atoms with van der Waals surface area (Å²) in [6.45, 7) is 6.62. The summed E-state index contributed by atoms with van der Waals surface area (Å²) in [5.74, 6) is 0.207. The van der Waals surface area contributed by atoms with E-state index in [0.717, 1.165) is 31.5 Å². The molecule has 1 aliphatic carbocycles. The highest BCUT2D eigenvalue weighted by molar-refractivity contribution is 5.82. The standard InChI is InChI=1S/C19H26FN3O2/c1-13(15-5-7-17(20)8-6-15)21-18(24)14(2)22-9-11-23(12-10-22)19(25)16-3-4-16/h5-8,13-14,16H,3-4,9-12H2,1-2H3,(H,21,24)/t13-,14-/m1/s1. The fourth-order valence-electron chi connectivity index (χ4n) is 3.25. The zero-order valence-corrected chi connectivity index (χ0v) is 14.9. The number of benzene rings is 1. The largest absolute Gasteiger partial charge is 0.348 e. The Balaban J connectivity index is 1.49. The van der Waals surface area contributed by atoms with Gasteiger partial charge in [0.05, 0.1) is 12.1 Å². The number of hydrogen-bond acceptors (Lipinski definition) is 3. The summed E-state index contributed by atoms with van der Waals surface area (Å²) in [7, 11) is 0. The molecule has 1 aromatic carbocycles. The molecule has 2 fully saturated rings. The number of nitrogens with one attached hydrogen (secondary N) is 1. The van der Waals surface area contributed by atoms with Crippen LogP contribution in [0.4, 0.5) is 4.39 Å². The molecule has 1 aliphatic heterocycles. The van der Waals surface area contributed by atoms with E-state index < -0.39 is 0 Å². The second-order valence-electron chi connectivity index (χ2n) is 7.09. The summed E-state index contributed by atoms with van der Waals surface area (Å²) >= 11 is 0. The number of rotatable bonds is 5. The molecule has 0 spiro atoms. The first-order chi connectivity index (χ1) is 12.0. The van der Waals surface area contributed by atoms with Crippen LogP contribution >= 0.6 is 0 Å². The van der Waals surface area contributed by atoms with E-state index >= 15 is 0 Å². The zero-order chi connectivity index (χ0) is 18.0. The summed E-state index contributed by atoms with van der Waals surface area (Å²) in [5.41, 5.74) is 0.877. The number of carbonyl (C=O) groups is 2. The molecule has 6 heteroatoms. The highest BCUT2D eigenvalue weighted by atomic mass is 19.1. The molecule has 2 amide bonds. The summed E-state index contributed by atoms with van der Waals surface area (Å²) in [5, 5.41) is 2.99. The number of piperazine rings is 1. The molecule has 0 aromatic heterocycles. The molecule has 0 unspecified atom stereocenters. The smallest absolute Gasteiger partial charge is 0.237 e. The predicted molar refractivity (Wildman–Crippen MR) is 93.3 cm³/mol. The van der Waals surface area contributed by atoms with Crippen LogP contribution in [-0.2, 0) is 9.59 Å². The highest BCUT2D eigenvalue weighted by Gasteiger charge is 2.35. The van der Waals surface area contributed by atoms with Crippen molar-refractivity contribution >= 4 is 11.8 Å². The van der Waals surface area contributed by atoms with Gasteiger partial charge in [0.15, 0.2) is 0 Å². The molecule has 1 aromatic rings. The van der Waals surface area contributed by atoms with Gasteiger partial charge in [-0.3, -0.25) is 14.5 Å². The number of amides is 2. The van der Waals surface area contributed by atoms with Gasteiger partial charge in [-0.15, -0.1) is 0 Å². The average Bonchev–Trinajstić information content (AvgIpc) is 3.46. The molecule has 1 saturated carbocycles. The van der Waals surface area contributed by atoms with Crippen LogP contribution in [0.25, 0.3) is 0 Å². The van der Waals surface area contributed by atoms with Gasteiger partial charge in [-0.25, -0.2) is 4.39 Å². The van der Waals surface area contributed by atoms with Crippen LogP contribution < -0.4 is 5.32 Å². The van der Waals surface area contributed by atoms with Crippen molar-refractivity contribution < 1.29 is 14.0 Å². The van der Waals surface area contributed by atoms with E-state index in [4.69, 9.17) is 0 Å². The van der Waals surface area contributed by atoms with Crippen LogP contribution in [0, 0.1) is 11.7 Å². The van der Waals surface area contributed by atoms with Crippen molar-refractivity contribution in [2.24, 2.45) is 5.92 Å². The maximum atomic E-state index is 13.0. The lowest BCUT2D eigenvalue weighted by Crippen LogP contribution is -2.55. The molecule has 1 heterocycles. The summed E-state index contributed by atoms with van der Waals surface area (Å²) in [6.07, 6.45) is 2.05. The van der Waals surface area contributed by atoms with Gasteiger partial charge in [-0.2, -0.15) is 0 Å². The molecular formula is C19H26FN3O2. The summed E-state index contributed by atoms with van der Waals surface area (Å²) < 4.78 is 13.0. The Morgan fingerprint density at radius 2 is 1.68 bits per heavy atom. The normalized spacial score (nSPS) is 20.8. The average molecular weight is 347 g/mol. The number of nitrogens with zero attached hydrogens (tertiary/aromatic N) is 2. The van der Waals surface area contributed by atoms with E-state index in [-0.39, 0.29) is 35.6 Å². The van der Waals surface area contributed by atoms with Crippen molar-refractivity contribution in [2.75, 3.05) is 26.2 Å². The topological polar surface area (TPSA) is 52.7 Å². The third kappa shape index (κ3) is 4.37. The molecule has 136 valence electrons. The lowest BCUT2D eigenvalue weighted by atomic mass is 10.1. The minimum atomic E-state index is -0.283. The number of halogens is 1. The fraction of sp³-hybridized carbons (Fsp3) is 0.579. The Labute approximate surface area is 148 Å². The summed E-state index contributed by atoms with van der Waals surface area (Å²) in [6, 6.07) is 5.75. The van der Waals surface area contributed by atoms with Crippen molar-refractivity contribution in [3.8, 4) is 0 Å². The van der Waals surface area contributed by atoms with Gasteiger partial charge in [-0.05, 0) is 44.4 Å². The second kappa shape index (κ2) is 7.52. The van der Waals surface area contributed by atoms with Crippen LogP contribution in [0.2, 0.25) is 0 Å². The van der Waals surface area contributed by atoms with Crippen molar-refractivity contribution in [2.45, 2.75) is 38.8 Å². The molecule has 5 nitrogen and oxygen atoms in total. The molecule has 2 atom stereocenters. The molecule has 1 saturated heterocycles. The first-order valence-corrected chi connectivity index (χ1v) is 9.04. The van der Waals surface area contributed by atoms with Gasteiger partial charge in [0.25, 0.3) is 0 Å². The van der Waals surface area contributed by atoms with Crippen molar-refractivity contribution in [3.05, 3.63) is 35.6 Å². The molecular weight excluding hydrogens is 321 g/mol. The van der Waals surface area contributed by atoms with E-state index in [1.54, 1.807) is 12.1 Å². The Morgan fingerprint density at radius 3 is 2.24 bits per heavy atom. The van der Waals surface area contributed by atoms with Crippen LogP contribution in [0.15, 0.2) is 24.3 Å². The van der Waals surface area contributed by atoms with E-state index in [9.17, 15) is 14.0 Å². The quantitative estimate of drug-likeness (QED) is 0.886. The van der Waals surface area contributed by atoms with E-state index in [1.165, 1.54) is 12.1 Å². The van der Waals surface area contributed by atoms with Crippen LogP contribution in [0.5, 0.6) is 0 Å². The Kier molecular flexibility index (Phi) is 5.37. The van der Waals surface area contributed by atoms with Gasteiger partial charge < -0.3 is 10.2 Å². The fourth-order valence-corrected chi connectivity index (χ4v) is 3.25. The maximum Gasteiger partial charge on any atom is 0.237 e. The zero-order valence-electron chi connectivity index (χ0n) is 14.9. The van der Waals surface area contributed by atoms with Gasteiger partial charge in [0.2, 0.25) is 11.8 Å². The maximum absolute atomic E-state index is 13.0. The first kappa shape index (κ1) is 17.9. The van der Waals surface area contributed by atoms with Gasteiger partial charge >= 0.3 is 0 Å². The Morgan fingerprint density at radius 1 is 1.08 bits per heavy atom. The minimum Gasteiger partial charge on any atom is -0.348 e. The van der Waals surface area contributed by atoms with Crippen molar-refractivity contribution in [1.82, 2.24) is 15.1 Å². The van der Waals surface area contributed by atoms with Crippen LogP contribution in [0.1, 0.15) is 38.3 Å². The van der Waals surface area contributed by atoms with Crippen molar-refractivity contribution in [3.63, 3.8) is 0 Å². The van der Waals surface area contributed by atoms with Crippen LogP contribution in [0.3, 0.4) is 0 Å². The Bertz CT molecular complexity index is 622. The predicted octanol–water partition coefficient (Wildman–Crippen LogP) is 1.95. The minimum absolute atomic E-state index is 0.0428. The lowest BCUT2D eigenvalue weighted by molar-refractivity contribution is -0.135. The Hall–Kier alpha value is -1.95. The van der Waals surface area contributed by atoms with E-state index in [1.807, 2.05) is 18.7 Å². The molecule has 1 N–H and O–H groups in total. The first-order valence-electron chi connectivity index (χ1n) is 9.04. The summed E-state index contributed by atoms with van der Waals surface area (Å²) in [4.78, 5) is 28.7. The van der Waals surface area contributed by atoms with E-state index in [2.05, 4.69) is 10.2 Å². The van der Waals surface area contributed by atoms with Gasteiger partial charge in [0.1, 0.15) is 5.82 Å². The molecule has 2 aliphatic rings. The number of hydrogen-bond donors (Lipinski definition) is 1. The highest BCUT2D eigenvalue weighted by Crippen LogP contribution is 2.31. The molecule has 0 bridgehead atoms. The number of carbonyl (C=O) groups excluding carboxylic acids is 2. The molecule has 25 heavy (non-hydrogen) atoms. The molecule has 3 rings (SSSR count). The third-order valence-corrected chi connectivity index (χ3v) is 5.21. The van der Waals surface area contributed by atoms with Crippen molar-refractivity contribution in [1.29, 1.82) is 0 Å². The van der Waals surface area contributed by atoms with Gasteiger partial charge in [-0.1, -0.05) is 12.1 Å². The lowest BCUT2D eigenvalue weighted by Gasteiger charge is -2.37. The van der Waals surface area contributed by atoms with E-state index in [0.29, 0.717) is 13.1 Å². The monoisotopic (exact) mass is 347 g/mol. The molecule has 0 radical (unpaired) electrons.